The number of aromatic nitrogens is 1. The highest BCUT2D eigenvalue weighted by Gasteiger charge is 2.24. The number of benzene rings is 1. The molecule has 0 atom stereocenters. The van der Waals surface area contributed by atoms with Crippen molar-refractivity contribution in [3.8, 4) is 0 Å². The molecule has 1 amide bonds. The molecule has 2 aromatic rings. The van der Waals surface area contributed by atoms with Crippen LogP contribution < -0.4 is 0 Å². The number of carbonyl (C=O) groups is 1. The van der Waals surface area contributed by atoms with Gasteiger partial charge in [0.05, 0.1) is 0 Å². The second-order valence-electron chi connectivity index (χ2n) is 5.23. The lowest BCUT2D eigenvalue weighted by atomic mass is 10.0. The fourth-order valence-corrected chi connectivity index (χ4v) is 3.31. The van der Waals surface area contributed by atoms with Gasteiger partial charge in [0, 0.05) is 36.0 Å². The SMILES string of the molecule is CN1CCCCc2c(n(C)c3ccc(Br)cc23)C1=O. The van der Waals surface area contributed by atoms with Crippen LogP contribution in [0.25, 0.3) is 10.9 Å². The number of aryl methyl sites for hydroxylation is 2. The van der Waals surface area contributed by atoms with Gasteiger partial charge in [-0.2, -0.15) is 0 Å². The molecule has 19 heavy (non-hydrogen) atoms. The molecule has 2 heterocycles. The summed E-state index contributed by atoms with van der Waals surface area (Å²) in [6, 6.07) is 6.24. The van der Waals surface area contributed by atoms with Crippen molar-refractivity contribution in [2.75, 3.05) is 13.6 Å². The number of fused-ring (bicyclic) bond motifs is 3. The van der Waals surface area contributed by atoms with Crippen LogP contribution in [0.4, 0.5) is 0 Å². The smallest absolute Gasteiger partial charge is 0.270 e. The molecule has 0 saturated heterocycles. The molecule has 3 rings (SSSR count). The third-order valence-corrected chi connectivity index (χ3v) is 4.48. The predicted molar refractivity (Wildman–Crippen MR) is 80.5 cm³/mol. The Morgan fingerprint density at radius 1 is 1.21 bits per heavy atom. The van der Waals surface area contributed by atoms with Crippen LogP contribution in [0.1, 0.15) is 28.9 Å². The zero-order valence-electron chi connectivity index (χ0n) is 11.2. The van der Waals surface area contributed by atoms with Gasteiger partial charge in [0.25, 0.3) is 5.91 Å². The highest BCUT2D eigenvalue weighted by atomic mass is 79.9. The highest BCUT2D eigenvalue weighted by Crippen LogP contribution is 2.31. The number of nitrogens with zero attached hydrogens (tertiary/aromatic N) is 2. The Morgan fingerprint density at radius 2 is 2.00 bits per heavy atom. The molecule has 0 bridgehead atoms. The van der Waals surface area contributed by atoms with Gasteiger partial charge in [-0.1, -0.05) is 15.9 Å². The molecule has 1 aromatic heterocycles. The second-order valence-corrected chi connectivity index (χ2v) is 6.15. The Morgan fingerprint density at radius 3 is 2.79 bits per heavy atom. The van der Waals surface area contributed by atoms with E-state index in [1.807, 2.05) is 29.6 Å². The minimum Gasteiger partial charge on any atom is -0.340 e. The number of hydrogen-bond acceptors (Lipinski definition) is 1. The van der Waals surface area contributed by atoms with Crippen molar-refractivity contribution in [1.82, 2.24) is 9.47 Å². The first-order valence-corrected chi connectivity index (χ1v) is 7.41. The Labute approximate surface area is 121 Å². The lowest BCUT2D eigenvalue weighted by molar-refractivity contribution is 0.0778. The normalized spacial score (nSPS) is 16.4. The summed E-state index contributed by atoms with van der Waals surface area (Å²) < 4.78 is 3.11. The summed E-state index contributed by atoms with van der Waals surface area (Å²) in [5.74, 6) is 0.143. The minimum absolute atomic E-state index is 0.143. The van der Waals surface area contributed by atoms with Gasteiger partial charge in [0.1, 0.15) is 5.69 Å². The molecule has 0 fully saturated rings. The van der Waals surface area contributed by atoms with Gasteiger partial charge >= 0.3 is 0 Å². The molecule has 0 saturated carbocycles. The van der Waals surface area contributed by atoms with E-state index in [1.165, 1.54) is 10.9 Å². The lowest BCUT2D eigenvalue weighted by Crippen LogP contribution is -2.31. The standard InChI is InChI=1S/C15H17BrN2O/c1-17-8-4-3-5-11-12-9-10(16)6-7-13(12)18(2)14(11)15(17)19/h6-7,9H,3-5,8H2,1-2H3. The zero-order valence-corrected chi connectivity index (χ0v) is 12.8. The van der Waals surface area contributed by atoms with Crippen LogP contribution in [-0.4, -0.2) is 29.0 Å². The van der Waals surface area contributed by atoms with Gasteiger partial charge in [0.15, 0.2) is 0 Å². The van der Waals surface area contributed by atoms with Gasteiger partial charge in [-0.3, -0.25) is 4.79 Å². The molecule has 100 valence electrons. The van der Waals surface area contributed by atoms with E-state index in [1.54, 1.807) is 0 Å². The van der Waals surface area contributed by atoms with Crippen molar-refractivity contribution in [1.29, 1.82) is 0 Å². The third-order valence-electron chi connectivity index (χ3n) is 3.99. The molecule has 3 nitrogen and oxygen atoms in total. The van der Waals surface area contributed by atoms with Crippen LogP contribution in [0.15, 0.2) is 22.7 Å². The Kier molecular flexibility index (Phi) is 3.13. The first-order chi connectivity index (χ1) is 9.09. The van der Waals surface area contributed by atoms with Crippen molar-refractivity contribution in [2.45, 2.75) is 19.3 Å². The van der Waals surface area contributed by atoms with Gasteiger partial charge in [-0.25, -0.2) is 0 Å². The largest absolute Gasteiger partial charge is 0.340 e. The number of hydrogen-bond donors (Lipinski definition) is 0. The summed E-state index contributed by atoms with van der Waals surface area (Å²) in [5.41, 5.74) is 3.20. The van der Waals surface area contributed by atoms with E-state index in [9.17, 15) is 4.79 Å². The quantitative estimate of drug-likeness (QED) is 0.730. The maximum Gasteiger partial charge on any atom is 0.270 e. The van der Waals surface area contributed by atoms with E-state index in [0.29, 0.717) is 0 Å². The van der Waals surface area contributed by atoms with E-state index in [0.717, 1.165) is 41.5 Å². The number of carbonyl (C=O) groups excluding carboxylic acids is 1. The van der Waals surface area contributed by atoms with Crippen molar-refractivity contribution in [3.05, 3.63) is 33.9 Å². The maximum atomic E-state index is 12.6. The molecule has 4 heteroatoms. The molecule has 0 radical (unpaired) electrons. The average Bonchev–Trinajstić information content (AvgIpc) is 2.64. The topological polar surface area (TPSA) is 25.2 Å². The Hall–Kier alpha value is -1.29. The second kappa shape index (κ2) is 4.67. The van der Waals surface area contributed by atoms with Gasteiger partial charge in [0.2, 0.25) is 0 Å². The number of rotatable bonds is 0. The average molecular weight is 321 g/mol. The van der Waals surface area contributed by atoms with Crippen LogP contribution in [0, 0.1) is 0 Å². The summed E-state index contributed by atoms with van der Waals surface area (Å²) in [7, 11) is 3.88. The summed E-state index contributed by atoms with van der Waals surface area (Å²) >= 11 is 3.53. The van der Waals surface area contributed by atoms with Crippen LogP contribution in [0.5, 0.6) is 0 Å². The first kappa shape index (κ1) is 12.7. The monoisotopic (exact) mass is 320 g/mol. The minimum atomic E-state index is 0.143. The number of amides is 1. The molecular formula is C15H17BrN2O. The molecule has 0 N–H and O–H groups in total. The summed E-state index contributed by atoms with van der Waals surface area (Å²) in [6.45, 7) is 0.851. The highest BCUT2D eigenvalue weighted by molar-refractivity contribution is 9.10. The van der Waals surface area contributed by atoms with Gasteiger partial charge in [-0.15, -0.1) is 0 Å². The Balaban J connectivity index is 2.32. The van der Waals surface area contributed by atoms with E-state index < -0.39 is 0 Å². The predicted octanol–water partition coefficient (Wildman–Crippen LogP) is 3.35. The van der Waals surface area contributed by atoms with E-state index >= 15 is 0 Å². The summed E-state index contributed by atoms with van der Waals surface area (Å²) in [5, 5.41) is 1.20. The molecule has 1 aliphatic heterocycles. The van der Waals surface area contributed by atoms with Crippen LogP contribution >= 0.6 is 15.9 Å². The summed E-state index contributed by atoms with van der Waals surface area (Å²) in [6.07, 6.45) is 3.20. The fourth-order valence-electron chi connectivity index (χ4n) is 2.95. The number of halogens is 1. The van der Waals surface area contributed by atoms with Crippen molar-refractivity contribution in [3.63, 3.8) is 0 Å². The van der Waals surface area contributed by atoms with Gasteiger partial charge < -0.3 is 9.47 Å². The van der Waals surface area contributed by atoms with E-state index in [-0.39, 0.29) is 5.91 Å². The summed E-state index contributed by atoms with van der Waals surface area (Å²) in [4.78, 5) is 14.4. The molecule has 1 aromatic carbocycles. The van der Waals surface area contributed by atoms with Crippen LogP contribution in [0.2, 0.25) is 0 Å². The van der Waals surface area contributed by atoms with Crippen LogP contribution in [-0.2, 0) is 13.5 Å². The first-order valence-electron chi connectivity index (χ1n) is 6.62. The molecule has 1 aliphatic rings. The van der Waals surface area contributed by atoms with E-state index in [4.69, 9.17) is 0 Å². The van der Waals surface area contributed by atoms with Crippen LogP contribution in [0.3, 0.4) is 0 Å². The van der Waals surface area contributed by atoms with Crippen molar-refractivity contribution in [2.24, 2.45) is 7.05 Å². The molecular weight excluding hydrogens is 304 g/mol. The third kappa shape index (κ3) is 1.98. The molecule has 0 unspecified atom stereocenters. The Bertz CT molecular complexity index is 660. The van der Waals surface area contributed by atoms with Gasteiger partial charge in [-0.05, 0) is 43.0 Å². The lowest BCUT2D eigenvalue weighted by Gasteiger charge is -2.21. The van der Waals surface area contributed by atoms with Crippen molar-refractivity contribution >= 4 is 32.7 Å². The fraction of sp³-hybridized carbons (Fsp3) is 0.400. The molecule has 0 aliphatic carbocycles. The zero-order chi connectivity index (χ0) is 13.6. The van der Waals surface area contributed by atoms with Crippen molar-refractivity contribution < 1.29 is 4.79 Å². The molecule has 0 spiro atoms. The van der Waals surface area contributed by atoms with E-state index in [2.05, 4.69) is 28.1 Å². The maximum absolute atomic E-state index is 12.6.